The fourth-order valence-electron chi connectivity index (χ4n) is 7.19. The SMILES string of the molecule is C[C@@H]1CNC(=O)c2cc3ccc(C(=O)Nc4cnn(Cc5ccc(N6CCN(Cc7cccc(NC8CCC(=O)NC8=O)c7)CC6)cc5)c4)nc3n21. The van der Waals surface area contributed by atoms with Crippen LogP contribution in [0, 0.1) is 0 Å². The number of amides is 4. The summed E-state index contributed by atoms with van der Waals surface area (Å²) < 4.78 is 3.68. The number of piperidine rings is 1. The highest BCUT2D eigenvalue weighted by Gasteiger charge is 2.27. The number of imide groups is 1. The van der Waals surface area contributed by atoms with E-state index in [-0.39, 0.29) is 35.4 Å². The number of nitrogens with zero attached hydrogens (tertiary/aromatic N) is 6. The van der Waals surface area contributed by atoms with E-state index in [1.807, 2.05) is 35.8 Å². The third-order valence-electron chi connectivity index (χ3n) is 9.97. The van der Waals surface area contributed by atoms with Crippen molar-refractivity contribution in [1.29, 1.82) is 0 Å². The van der Waals surface area contributed by atoms with Gasteiger partial charge in [0.25, 0.3) is 11.8 Å². The number of carbonyl (C=O) groups is 4. The number of benzene rings is 2. The zero-order chi connectivity index (χ0) is 35.8. The smallest absolute Gasteiger partial charge is 0.274 e. The van der Waals surface area contributed by atoms with Gasteiger partial charge in [-0.25, -0.2) is 4.98 Å². The maximum Gasteiger partial charge on any atom is 0.274 e. The van der Waals surface area contributed by atoms with E-state index in [1.54, 1.807) is 23.1 Å². The highest BCUT2D eigenvalue weighted by atomic mass is 16.2. The Kier molecular flexibility index (Phi) is 8.89. The van der Waals surface area contributed by atoms with Crippen molar-refractivity contribution in [2.45, 2.75) is 44.9 Å². The van der Waals surface area contributed by atoms with Crippen LogP contribution in [0.1, 0.15) is 57.9 Å². The third kappa shape index (κ3) is 6.97. The van der Waals surface area contributed by atoms with Crippen LogP contribution in [-0.2, 0) is 22.7 Å². The highest BCUT2D eigenvalue weighted by Crippen LogP contribution is 2.26. The lowest BCUT2D eigenvalue weighted by Gasteiger charge is -2.36. The summed E-state index contributed by atoms with van der Waals surface area (Å²) in [6, 6.07) is 21.6. The molecule has 2 saturated heterocycles. The lowest BCUT2D eigenvalue weighted by atomic mass is 10.1. The molecule has 2 atom stereocenters. The molecule has 2 fully saturated rings. The molecule has 0 aliphatic carbocycles. The molecule has 266 valence electrons. The van der Waals surface area contributed by atoms with Crippen molar-refractivity contribution in [3.63, 3.8) is 0 Å². The predicted molar refractivity (Wildman–Crippen MR) is 196 cm³/mol. The molecule has 8 rings (SSSR count). The first-order chi connectivity index (χ1) is 25.3. The molecule has 14 heteroatoms. The van der Waals surface area contributed by atoms with Gasteiger partial charge in [0.1, 0.15) is 23.1 Å². The second-order valence-electron chi connectivity index (χ2n) is 13.7. The molecule has 0 spiro atoms. The molecule has 0 saturated carbocycles. The van der Waals surface area contributed by atoms with Gasteiger partial charge in [-0.05, 0) is 66.9 Å². The van der Waals surface area contributed by atoms with Crippen LogP contribution in [-0.4, -0.2) is 86.6 Å². The van der Waals surface area contributed by atoms with Crippen molar-refractivity contribution in [1.82, 2.24) is 34.9 Å². The topological polar surface area (TPSA) is 159 Å². The molecule has 3 aliphatic heterocycles. The molecule has 3 aromatic heterocycles. The molecule has 4 N–H and O–H groups in total. The van der Waals surface area contributed by atoms with Gasteiger partial charge < -0.3 is 25.4 Å². The molecule has 4 amide bonds. The minimum atomic E-state index is -0.397. The number of pyridine rings is 1. The van der Waals surface area contributed by atoms with Gasteiger partial charge in [-0.3, -0.25) is 34.1 Å². The minimum Gasteiger partial charge on any atom is -0.374 e. The number of hydrogen-bond acceptors (Lipinski definition) is 9. The van der Waals surface area contributed by atoms with Gasteiger partial charge in [-0.1, -0.05) is 24.3 Å². The van der Waals surface area contributed by atoms with E-state index in [2.05, 4.69) is 77.5 Å². The second-order valence-corrected chi connectivity index (χ2v) is 13.7. The fraction of sp³-hybridized carbons (Fsp3) is 0.316. The maximum absolute atomic E-state index is 13.1. The Hall–Kier alpha value is -6.02. The van der Waals surface area contributed by atoms with Crippen molar-refractivity contribution in [2.24, 2.45) is 0 Å². The molecule has 2 aromatic carbocycles. The Balaban J connectivity index is 0.824. The normalized spacial score (nSPS) is 19.2. The van der Waals surface area contributed by atoms with Crippen molar-refractivity contribution in [3.8, 4) is 0 Å². The molecule has 5 aromatic rings. The van der Waals surface area contributed by atoms with Crippen LogP contribution in [0.3, 0.4) is 0 Å². The summed E-state index contributed by atoms with van der Waals surface area (Å²) in [5, 5.41) is 16.7. The number of anilines is 3. The summed E-state index contributed by atoms with van der Waals surface area (Å²) in [5.41, 5.74) is 6.34. The van der Waals surface area contributed by atoms with Crippen LogP contribution < -0.4 is 26.2 Å². The van der Waals surface area contributed by atoms with Crippen LogP contribution in [0.5, 0.6) is 0 Å². The van der Waals surface area contributed by atoms with Crippen LogP contribution in [0.2, 0.25) is 0 Å². The second kappa shape index (κ2) is 13.9. The third-order valence-corrected chi connectivity index (χ3v) is 9.97. The summed E-state index contributed by atoms with van der Waals surface area (Å²) in [4.78, 5) is 58.6. The lowest BCUT2D eigenvalue weighted by molar-refractivity contribution is -0.133. The largest absolute Gasteiger partial charge is 0.374 e. The molecule has 14 nitrogen and oxygen atoms in total. The van der Waals surface area contributed by atoms with Crippen LogP contribution in [0.4, 0.5) is 17.1 Å². The van der Waals surface area contributed by atoms with E-state index in [0.717, 1.165) is 49.4 Å². The Bertz CT molecular complexity index is 2170. The Morgan fingerprint density at radius 3 is 2.56 bits per heavy atom. The molecule has 3 aliphatic rings. The Morgan fingerprint density at radius 1 is 0.923 bits per heavy atom. The predicted octanol–water partition coefficient (Wildman–Crippen LogP) is 3.38. The number of nitrogens with one attached hydrogen (secondary N) is 4. The maximum atomic E-state index is 13.1. The number of aromatic nitrogens is 4. The number of piperazine rings is 1. The average Bonchev–Trinajstić information content (AvgIpc) is 3.76. The van der Waals surface area contributed by atoms with E-state index in [4.69, 9.17) is 0 Å². The van der Waals surface area contributed by atoms with Crippen molar-refractivity contribution in [3.05, 3.63) is 102 Å². The lowest BCUT2D eigenvalue weighted by Crippen LogP contribution is -2.47. The molecule has 1 unspecified atom stereocenters. The fourth-order valence-corrected chi connectivity index (χ4v) is 7.19. The zero-order valence-electron chi connectivity index (χ0n) is 28.8. The number of carbonyl (C=O) groups excluding carboxylic acids is 4. The van der Waals surface area contributed by atoms with Crippen LogP contribution in [0.25, 0.3) is 11.0 Å². The van der Waals surface area contributed by atoms with E-state index >= 15 is 0 Å². The molecule has 0 radical (unpaired) electrons. The molecule has 52 heavy (non-hydrogen) atoms. The summed E-state index contributed by atoms with van der Waals surface area (Å²) in [6.07, 6.45) is 4.27. The summed E-state index contributed by atoms with van der Waals surface area (Å²) in [6.45, 7) is 7.60. The van der Waals surface area contributed by atoms with Gasteiger partial charge >= 0.3 is 0 Å². The van der Waals surface area contributed by atoms with E-state index in [9.17, 15) is 19.2 Å². The Morgan fingerprint density at radius 2 is 1.75 bits per heavy atom. The monoisotopic (exact) mass is 700 g/mol. The average molecular weight is 701 g/mol. The van der Waals surface area contributed by atoms with E-state index in [1.165, 1.54) is 11.3 Å². The summed E-state index contributed by atoms with van der Waals surface area (Å²) in [5.74, 6) is -0.962. The standard InChI is InChI=1S/C38H40N10O4/c1-24-19-39-38(52)33-18-27-7-10-32(43-35(27)48(24)33)36(50)42-29-20-40-47(23-29)22-25-5-8-30(9-6-25)46-15-13-45(14-16-46)21-26-3-2-4-28(17-26)41-31-11-12-34(49)44-37(31)51/h2-10,17-18,20,23-24,31,41H,11-16,19,21-22H2,1H3,(H,39,52)(H,42,50)(H,44,49,51)/t24-,31?/m1/s1. The first-order valence-corrected chi connectivity index (χ1v) is 17.7. The van der Waals surface area contributed by atoms with Crippen LogP contribution in [0.15, 0.2) is 79.1 Å². The van der Waals surface area contributed by atoms with Gasteiger partial charge in [-0.2, -0.15) is 5.10 Å². The van der Waals surface area contributed by atoms with E-state index in [0.29, 0.717) is 43.0 Å². The summed E-state index contributed by atoms with van der Waals surface area (Å²) in [7, 11) is 0. The van der Waals surface area contributed by atoms with Crippen molar-refractivity contribution >= 4 is 51.7 Å². The van der Waals surface area contributed by atoms with Gasteiger partial charge in [-0.15, -0.1) is 0 Å². The van der Waals surface area contributed by atoms with Crippen molar-refractivity contribution < 1.29 is 19.2 Å². The van der Waals surface area contributed by atoms with Gasteiger partial charge in [0.15, 0.2) is 0 Å². The molecular formula is C38H40N10O4. The quantitative estimate of drug-likeness (QED) is 0.169. The molecule has 0 bridgehead atoms. The minimum absolute atomic E-state index is 0.0352. The number of fused-ring (bicyclic) bond motifs is 3. The van der Waals surface area contributed by atoms with Gasteiger partial charge in [0.2, 0.25) is 11.8 Å². The van der Waals surface area contributed by atoms with Gasteiger partial charge in [0, 0.05) is 68.6 Å². The van der Waals surface area contributed by atoms with Gasteiger partial charge in [0.05, 0.1) is 24.5 Å². The first-order valence-electron chi connectivity index (χ1n) is 17.7. The molecule has 6 heterocycles. The first kappa shape index (κ1) is 33.1. The number of rotatable bonds is 9. The Labute approximate surface area is 300 Å². The highest BCUT2D eigenvalue weighted by molar-refractivity contribution is 6.05. The number of hydrogen-bond donors (Lipinski definition) is 4. The summed E-state index contributed by atoms with van der Waals surface area (Å²) >= 11 is 0. The molecular weight excluding hydrogens is 660 g/mol. The van der Waals surface area contributed by atoms with E-state index < -0.39 is 6.04 Å². The van der Waals surface area contributed by atoms with Crippen LogP contribution >= 0.6 is 0 Å². The zero-order valence-corrected chi connectivity index (χ0v) is 28.8. The van der Waals surface area contributed by atoms with Crippen molar-refractivity contribution in [2.75, 3.05) is 48.3 Å².